The van der Waals surface area contributed by atoms with Gasteiger partial charge in [-0.1, -0.05) is 19.3 Å². The predicted molar refractivity (Wildman–Crippen MR) is 100 cm³/mol. The minimum atomic E-state index is -0.800. The van der Waals surface area contributed by atoms with E-state index in [1.807, 2.05) is 0 Å². The van der Waals surface area contributed by atoms with Gasteiger partial charge in [-0.25, -0.2) is 4.79 Å². The van der Waals surface area contributed by atoms with Gasteiger partial charge < -0.3 is 14.8 Å². The van der Waals surface area contributed by atoms with Crippen LogP contribution in [-0.2, 0) is 9.59 Å². The number of nitrogens with zero attached hydrogens (tertiary/aromatic N) is 2. The summed E-state index contributed by atoms with van der Waals surface area (Å²) in [5.41, 5.74) is -0.182. The van der Waals surface area contributed by atoms with Crippen LogP contribution in [0.15, 0.2) is 23.3 Å². The molecule has 0 atom stereocenters. The van der Waals surface area contributed by atoms with Crippen LogP contribution in [0.25, 0.3) is 0 Å². The topological polar surface area (TPSA) is 97.3 Å². The van der Waals surface area contributed by atoms with Crippen LogP contribution in [-0.4, -0.2) is 41.8 Å². The molecule has 0 aromatic heterocycles. The van der Waals surface area contributed by atoms with Gasteiger partial charge in [0.2, 0.25) is 0 Å². The number of methoxy groups -OCH3 is 1. The summed E-state index contributed by atoms with van der Waals surface area (Å²) in [7, 11) is 1.48. The lowest BCUT2D eigenvalue weighted by atomic mass is 9.82. The highest BCUT2D eigenvalue weighted by molar-refractivity contribution is 6.07. The molecule has 8 heteroatoms. The normalized spacial score (nSPS) is 21.2. The highest BCUT2D eigenvalue weighted by Crippen LogP contribution is 2.35. The van der Waals surface area contributed by atoms with Gasteiger partial charge in [-0.3, -0.25) is 9.59 Å². The molecule has 8 nitrogen and oxygen atoms in total. The molecule has 0 radical (unpaired) electrons. The van der Waals surface area contributed by atoms with Crippen molar-refractivity contribution >= 4 is 24.1 Å². The van der Waals surface area contributed by atoms with E-state index in [9.17, 15) is 14.4 Å². The van der Waals surface area contributed by atoms with Gasteiger partial charge in [0.25, 0.3) is 5.91 Å². The molecule has 3 fully saturated rings. The lowest BCUT2D eigenvalue weighted by Gasteiger charge is -2.29. The maximum atomic E-state index is 12.7. The number of hydrogen-bond donors (Lipinski definition) is 1. The molecule has 0 unspecified atom stereocenters. The molecule has 148 valence electrons. The second-order valence-electron chi connectivity index (χ2n) is 7.54. The van der Waals surface area contributed by atoms with Crippen LogP contribution < -0.4 is 14.8 Å². The molecule has 2 saturated carbocycles. The quantitative estimate of drug-likeness (QED) is 0.364. The van der Waals surface area contributed by atoms with Crippen molar-refractivity contribution in [3.8, 4) is 11.5 Å². The first-order chi connectivity index (χ1) is 13.5. The minimum absolute atomic E-state index is 0.0160. The number of rotatable bonds is 5. The molecule has 1 heterocycles. The number of imide groups is 1. The molecule has 2 aliphatic carbocycles. The number of benzene rings is 1. The Morgan fingerprint density at radius 1 is 1.21 bits per heavy atom. The van der Waals surface area contributed by atoms with E-state index >= 15 is 0 Å². The molecular formula is C20H23N3O5. The zero-order chi connectivity index (χ0) is 19.7. The van der Waals surface area contributed by atoms with Gasteiger partial charge in [-0.15, -0.1) is 5.01 Å². The summed E-state index contributed by atoms with van der Waals surface area (Å²) in [6, 6.07) is 4.46. The van der Waals surface area contributed by atoms with Crippen LogP contribution in [0.5, 0.6) is 11.5 Å². The van der Waals surface area contributed by atoms with Crippen molar-refractivity contribution in [3.63, 3.8) is 0 Å². The number of carbonyl (C=O) groups excluding carboxylic acids is 3. The Kier molecular flexibility index (Phi) is 4.78. The molecule has 1 aromatic rings. The van der Waals surface area contributed by atoms with Crippen LogP contribution in [0, 0.1) is 5.92 Å². The fourth-order valence-corrected chi connectivity index (χ4v) is 3.69. The van der Waals surface area contributed by atoms with Crippen LogP contribution in [0.1, 0.15) is 50.5 Å². The van der Waals surface area contributed by atoms with Crippen LogP contribution in [0.2, 0.25) is 0 Å². The summed E-state index contributed by atoms with van der Waals surface area (Å²) in [6.45, 7) is 0. The van der Waals surface area contributed by atoms with E-state index in [-0.39, 0.29) is 17.8 Å². The number of hydrogen-bond acceptors (Lipinski definition) is 6. The van der Waals surface area contributed by atoms with Crippen molar-refractivity contribution in [2.24, 2.45) is 11.0 Å². The zero-order valence-corrected chi connectivity index (χ0v) is 15.8. The number of carbonyl (C=O) groups is 3. The van der Waals surface area contributed by atoms with E-state index in [4.69, 9.17) is 9.47 Å². The highest BCUT2D eigenvalue weighted by atomic mass is 16.6. The van der Waals surface area contributed by atoms with Gasteiger partial charge in [0, 0.05) is 0 Å². The van der Waals surface area contributed by atoms with Crippen molar-refractivity contribution < 1.29 is 23.9 Å². The van der Waals surface area contributed by atoms with Gasteiger partial charge in [-0.05, 0) is 49.4 Å². The van der Waals surface area contributed by atoms with E-state index < -0.39 is 11.6 Å². The highest BCUT2D eigenvalue weighted by Gasteiger charge is 2.51. The molecular weight excluding hydrogens is 362 g/mol. The average molecular weight is 385 g/mol. The molecule has 4 rings (SSSR count). The SMILES string of the molecule is COc1cc(/C=N\N2C(=O)NC3(CCCCC3)C2=O)ccc1OC(=O)C1CC1. The third kappa shape index (κ3) is 3.46. The third-order valence-electron chi connectivity index (χ3n) is 5.48. The van der Waals surface area contributed by atoms with Gasteiger partial charge in [-0.2, -0.15) is 5.10 Å². The zero-order valence-electron chi connectivity index (χ0n) is 15.8. The largest absolute Gasteiger partial charge is 0.493 e. The van der Waals surface area contributed by atoms with Gasteiger partial charge in [0.05, 0.1) is 19.2 Å². The second kappa shape index (κ2) is 7.26. The van der Waals surface area contributed by atoms with Gasteiger partial charge >= 0.3 is 12.0 Å². The van der Waals surface area contributed by atoms with Crippen molar-refractivity contribution in [1.82, 2.24) is 10.3 Å². The molecule has 3 amide bonds. The molecule has 3 aliphatic rings. The molecule has 28 heavy (non-hydrogen) atoms. The van der Waals surface area contributed by atoms with Crippen LogP contribution in [0.4, 0.5) is 4.79 Å². The molecule has 1 aromatic carbocycles. The Hall–Kier alpha value is -2.90. The lowest BCUT2D eigenvalue weighted by molar-refractivity contribution is -0.136. The van der Waals surface area contributed by atoms with E-state index in [0.717, 1.165) is 37.1 Å². The molecule has 1 spiro atoms. The third-order valence-corrected chi connectivity index (χ3v) is 5.48. The Morgan fingerprint density at radius 3 is 2.64 bits per heavy atom. The number of hydrazone groups is 1. The Labute approximate surface area is 162 Å². The maximum absolute atomic E-state index is 12.7. The van der Waals surface area contributed by atoms with Crippen LogP contribution in [0.3, 0.4) is 0 Å². The number of ether oxygens (including phenoxy) is 2. The van der Waals surface area contributed by atoms with E-state index in [2.05, 4.69) is 10.4 Å². The van der Waals surface area contributed by atoms with Gasteiger partial charge in [0.1, 0.15) is 5.54 Å². The first-order valence-corrected chi connectivity index (χ1v) is 9.63. The van der Waals surface area contributed by atoms with Crippen molar-refractivity contribution in [1.29, 1.82) is 0 Å². The predicted octanol–water partition coefficient (Wildman–Crippen LogP) is 2.60. The lowest BCUT2D eigenvalue weighted by Crippen LogP contribution is -2.48. The summed E-state index contributed by atoms with van der Waals surface area (Å²) in [5.74, 6) is 0.163. The number of esters is 1. The minimum Gasteiger partial charge on any atom is -0.493 e. The summed E-state index contributed by atoms with van der Waals surface area (Å²) in [6.07, 6.45) is 7.36. The maximum Gasteiger partial charge on any atom is 0.346 e. The monoisotopic (exact) mass is 385 g/mol. The van der Waals surface area contributed by atoms with E-state index in [1.165, 1.54) is 13.3 Å². The summed E-state index contributed by atoms with van der Waals surface area (Å²) >= 11 is 0. The summed E-state index contributed by atoms with van der Waals surface area (Å²) in [5, 5.41) is 7.81. The average Bonchev–Trinajstić information content (AvgIpc) is 3.52. The Balaban J connectivity index is 1.48. The van der Waals surface area contributed by atoms with Crippen LogP contribution >= 0.6 is 0 Å². The standard InChI is InChI=1S/C20H23N3O5/c1-27-16-11-13(5-8-15(16)28-17(24)14-6-7-14)12-21-23-18(25)20(22-19(23)26)9-3-2-4-10-20/h5,8,11-12,14H,2-4,6-7,9-10H2,1H3,(H,22,26)/b21-12-. The van der Waals surface area contributed by atoms with Gasteiger partial charge in [0.15, 0.2) is 11.5 Å². The van der Waals surface area contributed by atoms with Crippen molar-refractivity contribution in [3.05, 3.63) is 23.8 Å². The number of urea groups is 1. The van der Waals surface area contributed by atoms with Crippen molar-refractivity contribution in [2.75, 3.05) is 7.11 Å². The molecule has 1 aliphatic heterocycles. The fourth-order valence-electron chi connectivity index (χ4n) is 3.69. The number of nitrogens with one attached hydrogen (secondary N) is 1. The summed E-state index contributed by atoms with van der Waals surface area (Å²) < 4.78 is 10.7. The second-order valence-corrected chi connectivity index (χ2v) is 7.54. The molecule has 0 bridgehead atoms. The molecule has 1 saturated heterocycles. The fraction of sp³-hybridized carbons (Fsp3) is 0.500. The smallest absolute Gasteiger partial charge is 0.346 e. The first kappa shape index (κ1) is 18.5. The molecule has 1 N–H and O–H groups in total. The Bertz CT molecular complexity index is 840. The summed E-state index contributed by atoms with van der Waals surface area (Å²) in [4.78, 5) is 36.8. The van der Waals surface area contributed by atoms with Crippen molar-refractivity contribution in [2.45, 2.75) is 50.5 Å². The van der Waals surface area contributed by atoms with E-state index in [1.54, 1.807) is 18.2 Å². The first-order valence-electron chi connectivity index (χ1n) is 9.63. The number of amides is 3. The Morgan fingerprint density at radius 2 is 1.96 bits per heavy atom. The van der Waals surface area contributed by atoms with E-state index in [0.29, 0.717) is 29.9 Å².